The molecule has 0 aromatic heterocycles. The number of nitrogens with zero attached hydrogens (tertiary/aromatic N) is 1. The van der Waals surface area contributed by atoms with E-state index in [1.54, 1.807) is 0 Å². The maximum atomic E-state index is 13.1. The van der Waals surface area contributed by atoms with E-state index >= 15 is 0 Å². The Bertz CT molecular complexity index is 805. The lowest BCUT2D eigenvalue weighted by molar-refractivity contribution is -0.134. The van der Waals surface area contributed by atoms with Gasteiger partial charge < -0.3 is 15.2 Å². The van der Waals surface area contributed by atoms with Crippen LogP contribution in [0.1, 0.15) is 31.7 Å². The molecule has 1 aromatic rings. The summed E-state index contributed by atoms with van der Waals surface area (Å²) in [5.74, 6) is -0.757. The molecule has 2 fully saturated rings. The molecule has 1 amide bonds. The summed E-state index contributed by atoms with van der Waals surface area (Å²) >= 11 is 0. The number of amides is 1. The summed E-state index contributed by atoms with van der Waals surface area (Å²) in [6, 6.07) is 7.92. The van der Waals surface area contributed by atoms with Crippen LogP contribution < -0.4 is 5.32 Å². The molecule has 2 N–H and O–H groups in total. The fraction of sp³-hybridized carbons (Fsp3) is 0.524. The number of ether oxygens (including phenoxy) is 1. The van der Waals surface area contributed by atoms with Gasteiger partial charge in [-0.05, 0) is 42.9 Å². The third-order valence-electron chi connectivity index (χ3n) is 6.79. The van der Waals surface area contributed by atoms with E-state index in [0.717, 1.165) is 37.2 Å². The summed E-state index contributed by atoms with van der Waals surface area (Å²) in [7, 11) is 1.48. The lowest BCUT2D eigenvalue weighted by Crippen LogP contribution is -2.53. The monoisotopic (exact) mass is 370 g/mol. The SMILES string of the molecule is CC[C@H]1CN2CCC3(C(=O)Nc4ccccc43)[C@@H]2C[C@@H]1C(=COC)C(=O)O. The van der Waals surface area contributed by atoms with Gasteiger partial charge in [-0.3, -0.25) is 9.69 Å². The number of benzene rings is 1. The molecule has 3 aliphatic heterocycles. The largest absolute Gasteiger partial charge is 0.504 e. The number of hydrogen-bond acceptors (Lipinski definition) is 4. The number of carboxylic acid groups (broad SMARTS) is 1. The molecule has 4 rings (SSSR count). The van der Waals surface area contributed by atoms with E-state index in [2.05, 4.69) is 17.1 Å². The van der Waals surface area contributed by atoms with Gasteiger partial charge in [-0.2, -0.15) is 0 Å². The zero-order chi connectivity index (χ0) is 19.2. The van der Waals surface area contributed by atoms with E-state index in [1.165, 1.54) is 13.4 Å². The van der Waals surface area contributed by atoms with E-state index in [4.69, 9.17) is 4.74 Å². The Morgan fingerprint density at radius 2 is 2.22 bits per heavy atom. The molecule has 1 aromatic carbocycles. The molecule has 144 valence electrons. The Balaban J connectivity index is 1.75. The summed E-state index contributed by atoms with van der Waals surface area (Å²) in [6.07, 6.45) is 3.70. The minimum Gasteiger partial charge on any atom is -0.504 e. The smallest absolute Gasteiger partial charge is 0.334 e. The van der Waals surface area contributed by atoms with Crippen molar-refractivity contribution in [3.05, 3.63) is 41.7 Å². The molecule has 1 unspecified atom stereocenters. The van der Waals surface area contributed by atoms with Gasteiger partial charge >= 0.3 is 5.97 Å². The summed E-state index contributed by atoms with van der Waals surface area (Å²) in [5.41, 5.74) is 1.69. The first-order valence-corrected chi connectivity index (χ1v) is 9.64. The number of anilines is 1. The van der Waals surface area contributed by atoms with E-state index in [-0.39, 0.29) is 23.8 Å². The lowest BCUT2D eigenvalue weighted by Gasteiger charge is -2.44. The first kappa shape index (κ1) is 18.0. The van der Waals surface area contributed by atoms with Gasteiger partial charge in [-0.1, -0.05) is 31.5 Å². The van der Waals surface area contributed by atoms with Gasteiger partial charge in [0.1, 0.15) is 0 Å². The van der Waals surface area contributed by atoms with Crippen molar-refractivity contribution >= 4 is 17.6 Å². The zero-order valence-corrected chi connectivity index (χ0v) is 15.8. The van der Waals surface area contributed by atoms with Crippen LogP contribution in [-0.2, 0) is 19.7 Å². The summed E-state index contributed by atoms with van der Waals surface area (Å²) in [5, 5.41) is 12.8. The van der Waals surface area contributed by atoms with Crippen molar-refractivity contribution in [2.75, 3.05) is 25.5 Å². The van der Waals surface area contributed by atoms with Crippen molar-refractivity contribution in [3.63, 3.8) is 0 Å². The topological polar surface area (TPSA) is 78.9 Å². The molecule has 3 aliphatic rings. The predicted octanol–water partition coefficient (Wildman–Crippen LogP) is 2.61. The summed E-state index contributed by atoms with van der Waals surface area (Å²) < 4.78 is 5.08. The number of fused-ring (bicyclic) bond motifs is 4. The van der Waals surface area contributed by atoms with Crippen LogP contribution in [0.25, 0.3) is 0 Å². The van der Waals surface area contributed by atoms with Crippen LogP contribution in [-0.4, -0.2) is 48.1 Å². The molecule has 0 radical (unpaired) electrons. The highest BCUT2D eigenvalue weighted by atomic mass is 16.5. The van der Waals surface area contributed by atoms with Gasteiger partial charge in [0.15, 0.2) is 0 Å². The number of carbonyl (C=O) groups is 2. The van der Waals surface area contributed by atoms with E-state index in [9.17, 15) is 14.7 Å². The third-order valence-corrected chi connectivity index (χ3v) is 6.79. The number of piperidine rings is 1. The molecular weight excluding hydrogens is 344 g/mol. The highest BCUT2D eigenvalue weighted by Crippen LogP contribution is 2.53. The van der Waals surface area contributed by atoms with Gasteiger partial charge in [0.25, 0.3) is 0 Å². The van der Waals surface area contributed by atoms with Crippen molar-refractivity contribution in [1.29, 1.82) is 0 Å². The van der Waals surface area contributed by atoms with Crippen LogP contribution in [0, 0.1) is 11.8 Å². The Labute approximate surface area is 159 Å². The quantitative estimate of drug-likeness (QED) is 0.629. The zero-order valence-electron chi connectivity index (χ0n) is 15.8. The normalized spacial score (nSPS) is 32.9. The molecule has 4 atom stereocenters. The number of carboxylic acids is 1. The highest BCUT2D eigenvalue weighted by Gasteiger charge is 2.60. The van der Waals surface area contributed by atoms with Gasteiger partial charge in [0.2, 0.25) is 5.91 Å². The van der Waals surface area contributed by atoms with E-state index in [1.807, 2.05) is 24.3 Å². The van der Waals surface area contributed by atoms with Crippen molar-refractivity contribution < 1.29 is 19.4 Å². The minimum absolute atomic E-state index is 0.00792. The van der Waals surface area contributed by atoms with Crippen LogP contribution in [0.15, 0.2) is 36.1 Å². The number of para-hydroxylation sites is 1. The Hall–Kier alpha value is -2.34. The fourth-order valence-electron chi connectivity index (χ4n) is 5.52. The third kappa shape index (κ3) is 2.57. The number of rotatable bonds is 4. The Kier molecular flexibility index (Phi) is 4.46. The maximum Gasteiger partial charge on any atom is 0.334 e. The molecule has 2 saturated heterocycles. The van der Waals surface area contributed by atoms with Gasteiger partial charge in [0, 0.05) is 18.3 Å². The number of aliphatic carboxylic acids is 1. The number of nitrogens with one attached hydrogen (secondary N) is 1. The van der Waals surface area contributed by atoms with Crippen molar-refractivity contribution in [2.24, 2.45) is 11.8 Å². The predicted molar refractivity (Wildman–Crippen MR) is 101 cm³/mol. The molecule has 27 heavy (non-hydrogen) atoms. The molecule has 3 heterocycles. The second-order valence-electron chi connectivity index (χ2n) is 7.86. The standard InChI is InChI=1S/C21H26N2O4/c1-3-13-11-23-9-8-21(16-6-4-5-7-17(16)22-20(21)26)18(23)10-14(13)15(12-27-2)19(24)25/h4-7,12-14,18H,3,8-11H2,1-2H3,(H,22,26)(H,24,25)/t13-,14-,18-,21?/m0/s1. The van der Waals surface area contributed by atoms with E-state index in [0.29, 0.717) is 12.0 Å². The average Bonchev–Trinajstić information content (AvgIpc) is 3.18. The molecule has 6 heteroatoms. The molecular formula is C21H26N2O4. The summed E-state index contributed by atoms with van der Waals surface area (Å²) in [6.45, 7) is 3.79. The highest BCUT2D eigenvalue weighted by molar-refractivity contribution is 6.07. The van der Waals surface area contributed by atoms with Gasteiger partial charge in [-0.25, -0.2) is 4.79 Å². The van der Waals surface area contributed by atoms with Gasteiger partial charge in [-0.15, -0.1) is 0 Å². The van der Waals surface area contributed by atoms with Crippen LogP contribution in [0.4, 0.5) is 5.69 Å². The second kappa shape index (κ2) is 6.68. The van der Waals surface area contributed by atoms with Crippen LogP contribution in [0.5, 0.6) is 0 Å². The molecule has 0 saturated carbocycles. The van der Waals surface area contributed by atoms with Crippen molar-refractivity contribution in [3.8, 4) is 0 Å². The number of hydrogen-bond donors (Lipinski definition) is 2. The molecule has 6 nitrogen and oxygen atoms in total. The first-order valence-electron chi connectivity index (χ1n) is 9.64. The summed E-state index contributed by atoms with van der Waals surface area (Å²) in [4.78, 5) is 27.4. The first-order chi connectivity index (χ1) is 13.0. The Morgan fingerprint density at radius 1 is 1.44 bits per heavy atom. The average molecular weight is 370 g/mol. The minimum atomic E-state index is -0.933. The van der Waals surface area contributed by atoms with Gasteiger partial charge in [0.05, 0.1) is 24.4 Å². The van der Waals surface area contributed by atoms with Crippen LogP contribution in [0.3, 0.4) is 0 Å². The van der Waals surface area contributed by atoms with Crippen LogP contribution in [0.2, 0.25) is 0 Å². The van der Waals surface area contributed by atoms with Crippen LogP contribution >= 0.6 is 0 Å². The molecule has 1 spiro atoms. The van der Waals surface area contributed by atoms with Crippen molar-refractivity contribution in [2.45, 2.75) is 37.6 Å². The second-order valence-corrected chi connectivity index (χ2v) is 7.86. The number of carbonyl (C=O) groups excluding carboxylic acids is 1. The van der Waals surface area contributed by atoms with Crippen molar-refractivity contribution in [1.82, 2.24) is 4.90 Å². The van der Waals surface area contributed by atoms with E-state index < -0.39 is 11.4 Å². The fourth-order valence-corrected chi connectivity index (χ4v) is 5.52. The molecule has 0 bridgehead atoms. The Morgan fingerprint density at radius 3 is 2.93 bits per heavy atom. The maximum absolute atomic E-state index is 13.1. The lowest BCUT2D eigenvalue weighted by atomic mass is 9.67. The molecule has 0 aliphatic carbocycles. The number of methoxy groups -OCH3 is 1.